The smallest absolute Gasteiger partial charge is 0.416 e. The number of amides is 2. The number of nitrogens with one attached hydrogen (secondary N) is 2. The van der Waals surface area contributed by atoms with Crippen LogP contribution in [0.2, 0.25) is 5.02 Å². The SMILES string of the molecule is O=C(CCC(=O)Nc1cc(C(F)(F)F)ccc1Cl)N/N=C\c1ccc(O)cc1O. The minimum atomic E-state index is -4.59. The fourth-order valence-electron chi connectivity index (χ4n) is 2.11. The third-order valence-electron chi connectivity index (χ3n) is 3.55. The van der Waals surface area contributed by atoms with Gasteiger partial charge in [-0.2, -0.15) is 18.3 Å². The van der Waals surface area contributed by atoms with Crippen molar-refractivity contribution < 1.29 is 33.0 Å². The van der Waals surface area contributed by atoms with E-state index in [2.05, 4.69) is 15.8 Å². The molecule has 2 rings (SSSR count). The number of carbonyl (C=O) groups excluding carboxylic acids is 2. The Kier molecular flexibility index (Phi) is 7.05. The zero-order valence-corrected chi connectivity index (χ0v) is 15.4. The summed E-state index contributed by atoms with van der Waals surface area (Å²) in [4.78, 5) is 23.6. The van der Waals surface area contributed by atoms with Gasteiger partial charge >= 0.3 is 6.18 Å². The quantitative estimate of drug-likeness (QED) is 0.415. The molecule has 0 bridgehead atoms. The van der Waals surface area contributed by atoms with E-state index in [1.165, 1.54) is 12.1 Å². The van der Waals surface area contributed by atoms with Gasteiger partial charge in [0.1, 0.15) is 11.5 Å². The van der Waals surface area contributed by atoms with Gasteiger partial charge in [-0.15, -0.1) is 0 Å². The molecule has 2 aromatic rings. The van der Waals surface area contributed by atoms with Gasteiger partial charge < -0.3 is 15.5 Å². The number of nitrogens with zero attached hydrogens (tertiary/aromatic N) is 1. The van der Waals surface area contributed by atoms with Crippen LogP contribution in [0.5, 0.6) is 11.5 Å². The lowest BCUT2D eigenvalue weighted by Gasteiger charge is -2.11. The number of alkyl halides is 3. The van der Waals surface area contributed by atoms with Crippen LogP contribution in [0.1, 0.15) is 24.0 Å². The lowest BCUT2D eigenvalue weighted by molar-refractivity contribution is -0.137. The van der Waals surface area contributed by atoms with Gasteiger partial charge in [-0.05, 0) is 30.3 Å². The van der Waals surface area contributed by atoms with Gasteiger partial charge in [0, 0.05) is 24.5 Å². The van der Waals surface area contributed by atoms with Crippen LogP contribution in [0.3, 0.4) is 0 Å². The predicted molar refractivity (Wildman–Crippen MR) is 99.8 cm³/mol. The van der Waals surface area contributed by atoms with Crippen molar-refractivity contribution in [3.8, 4) is 11.5 Å². The monoisotopic (exact) mass is 429 g/mol. The molecular weight excluding hydrogens is 415 g/mol. The zero-order chi connectivity index (χ0) is 21.6. The second-order valence-corrected chi connectivity index (χ2v) is 6.18. The third-order valence-corrected chi connectivity index (χ3v) is 3.88. The van der Waals surface area contributed by atoms with Crippen LogP contribution in [0, 0.1) is 0 Å². The highest BCUT2D eigenvalue weighted by Gasteiger charge is 2.31. The van der Waals surface area contributed by atoms with E-state index in [0.29, 0.717) is 6.07 Å². The van der Waals surface area contributed by atoms with Crippen LogP contribution >= 0.6 is 11.6 Å². The summed E-state index contributed by atoms with van der Waals surface area (Å²) in [6, 6.07) is 6.27. The number of halogens is 4. The Morgan fingerprint density at radius 2 is 1.76 bits per heavy atom. The Labute approximate surface area is 167 Å². The Morgan fingerprint density at radius 1 is 1.07 bits per heavy atom. The molecule has 0 heterocycles. The number of benzene rings is 2. The van der Waals surface area contributed by atoms with E-state index >= 15 is 0 Å². The minimum absolute atomic E-state index is 0.0749. The maximum absolute atomic E-state index is 12.7. The molecule has 0 spiro atoms. The summed E-state index contributed by atoms with van der Waals surface area (Å²) in [5.41, 5.74) is 1.19. The third kappa shape index (κ3) is 6.68. The normalized spacial score (nSPS) is 11.4. The first kappa shape index (κ1) is 22.0. The molecule has 0 atom stereocenters. The lowest BCUT2D eigenvalue weighted by Crippen LogP contribution is -2.21. The number of hydrogen-bond donors (Lipinski definition) is 4. The molecule has 2 amide bonds. The van der Waals surface area contributed by atoms with E-state index in [9.17, 15) is 33.0 Å². The topological polar surface area (TPSA) is 111 Å². The second-order valence-electron chi connectivity index (χ2n) is 5.78. The van der Waals surface area contributed by atoms with Crippen LogP contribution in [0.4, 0.5) is 18.9 Å². The number of hydrazone groups is 1. The van der Waals surface area contributed by atoms with E-state index in [-0.39, 0.29) is 40.6 Å². The Balaban J connectivity index is 1.86. The van der Waals surface area contributed by atoms with Crippen molar-refractivity contribution >= 4 is 35.3 Å². The standard InChI is InChI=1S/C18H15ClF3N3O4/c19-13-4-2-11(18(20,21)22)7-14(13)24-16(28)5-6-17(29)25-23-9-10-1-3-12(26)8-15(10)27/h1-4,7-9,26-27H,5-6H2,(H,24,28)(H,25,29)/b23-9-. The minimum Gasteiger partial charge on any atom is -0.508 e. The molecule has 0 aromatic heterocycles. The summed E-state index contributed by atoms with van der Waals surface area (Å²) in [5, 5.41) is 24.5. The molecule has 0 radical (unpaired) electrons. The highest BCUT2D eigenvalue weighted by molar-refractivity contribution is 6.33. The first-order valence-corrected chi connectivity index (χ1v) is 8.44. The Morgan fingerprint density at radius 3 is 2.41 bits per heavy atom. The number of aromatic hydroxyl groups is 2. The molecular formula is C18H15ClF3N3O4. The summed E-state index contributed by atoms with van der Waals surface area (Å²) >= 11 is 5.79. The molecule has 11 heteroatoms. The Bertz CT molecular complexity index is 948. The van der Waals surface area contributed by atoms with Crippen molar-refractivity contribution in [3.63, 3.8) is 0 Å². The van der Waals surface area contributed by atoms with Gasteiger partial charge in [-0.3, -0.25) is 9.59 Å². The molecule has 29 heavy (non-hydrogen) atoms. The summed E-state index contributed by atoms with van der Waals surface area (Å²) in [6.07, 6.45) is -4.07. The van der Waals surface area contributed by atoms with Gasteiger partial charge in [0.2, 0.25) is 11.8 Å². The number of anilines is 1. The fourth-order valence-corrected chi connectivity index (χ4v) is 2.27. The van der Waals surface area contributed by atoms with E-state index in [0.717, 1.165) is 24.4 Å². The second kappa shape index (κ2) is 9.28. The van der Waals surface area contributed by atoms with E-state index in [1.807, 2.05) is 0 Å². The molecule has 154 valence electrons. The average Bonchev–Trinajstić information content (AvgIpc) is 2.62. The lowest BCUT2D eigenvalue weighted by atomic mass is 10.2. The Hall–Kier alpha value is -3.27. The van der Waals surface area contributed by atoms with Crippen molar-refractivity contribution in [1.29, 1.82) is 0 Å². The van der Waals surface area contributed by atoms with Crippen LogP contribution in [-0.2, 0) is 15.8 Å². The number of phenols is 2. The zero-order valence-electron chi connectivity index (χ0n) is 14.6. The van der Waals surface area contributed by atoms with Crippen LogP contribution in [-0.4, -0.2) is 28.2 Å². The predicted octanol–water partition coefficient (Wildman–Crippen LogP) is 3.64. The van der Waals surface area contributed by atoms with Crippen molar-refractivity contribution in [2.75, 3.05) is 5.32 Å². The maximum atomic E-state index is 12.7. The van der Waals surface area contributed by atoms with Gasteiger partial charge in [0.05, 0.1) is 22.5 Å². The number of carbonyl (C=O) groups is 2. The summed E-state index contributed by atoms with van der Waals surface area (Å²) in [7, 11) is 0. The van der Waals surface area contributed by atoms with Gasteiger partial charge in [0.25, 0.3) is 0 Å². The van der Waals surface area contributed by atoms with Gasteiger partial charge in [-0.25, -0.2) is 5.43 Å². The van der Waals surface area contributed by atoms with E-state index < -0.39 is 23.6 Å². The molecule has 0 unspecified atom stereocenters. The molecule has 0 fully saturated rings. The summed E-state index contributed by atoms with van der Waals surface area (Å²) < 4.78 is 38.2. The van der Waals surface area contributed by atoms with Crippen LogP contribution < -0.4 is 10.7 Å². The molecule has 4 N–H and O–H groups in total. The highest BCUT2D eigenvalue weighted by atomic mass is 35.5. The summed E-state index contributed by atoms with van der Waals surface area (Å²) in [5.74, 6) is -1.73. The molecule has 0 aliphatic carbocycles. The van der Waals surface area contributed by atoms with Crippen LogP contribution in [0.25, 0.3) is 0 Å². The fraction of sp³-hybridized carbons (Fsp3) is 0.167. The van der Waals surface area contributed by atoms with Gasteiger partial charge in [-0.1, -0.05) is 11.6 Å². The molecule has 7 nitrogen and oxygen atoms in total. The number of hydrogen-bond acceptors (Lipinski definition) is 5. The van der Waals surface area contributed by atoms with Crippen molar-refractivity contribution in [3.05, 3.63) is 52.5 Å². The van der Waals surface area contributed by atoms with E-state index in [4.69, 9.17) is 11.6 Å². The molecule has 0 aliphatic rings. The molecule has 0 aliphatic heterocycles. The van der Waals surface area contributed by atoms with Crippen molar-refractivity contribution in [2.45, 2.75) is 19.0 Å². The molecule has 2 aromatic carbocycles. The first-order chi connectivity index (χ1) is 13.6. The van der Waals surface area contributed by atoms with Crippen molar-refractivity contribution in [2.24, 2.45) is 5.10 Å². The largest absolute Gasteiger partial charge is 0.508 e. The first-order valence-electron chi connectivity index (χ1n) is 8.07. The van der Waals surface area contributed by atoms with E-state index in [1.54, 1.807) is 0 Å². The highest BCUT2D eigenvalue weighted by Crippen LogP contribution is 2.33. The van der Waals surface area contributed by atoms with Crippen LogP contribution in [0.15, 0.2) is 41.5 Å². The van der Waals surface area contributed by atoms with Gasteiger partial charge in [0.15, 0.2) is 0 Å². The number of rotatable bonds is 6. The summed E-state index contributed by atoms with van der Waals surface area (Å²) in [6.45, 7) is 0. The maximum Gasteiger partial charge on any atom is 0.416 e. The molecule has 0 saturated carbocycles. The average molecular weight is 430 g/mol. The van der Waals surface area contributed by atoms with Crippen molar-refractivity contribution in [1.82, 2.24) is 5.43 Å². The molecule has 0 saturated heterocycles. The number of phenolic OH excluding ortho intramolecular Hbond substituents is 2.